The fourth-order valence-electron chi connectivity index (χ4n) is 12.4. The van der Waals surface area contributed by atoms with E-state index >= 15 is 0 Å². The topological polar surface area (TPSA) is 228 Å². The highest BCUT2D eigenvalue weighted by Gasteiger charge is 2.51. The first kappa shape index (κ1) is 84.8. The Kier molecular flexibility index (Phi) is 57.1. The largest absolute Gasteiger partial charge is 0.394 e. The van der Waals surface area contributed by atoms with Crippen molar-refractivity contribution in [3.63, 3.8) is 0 Å². The predicted molar refractivity (Wildman–Crippen MR) is 374 cm³/mol. The van der Waals surface area contributed by atoms with Gasteiger partial charge in [-0.2, -0.15) is 0 Å². The Morgan fingerprint density at radius 2 is 0.736 bits per heavy atom. The standard InChI is InChI=1S/C77H141NO13/c1-3-5-7-9-11-13-15-17-19-21-23-24-25-26-27-28-29-30-31-32-33-34-35-36-37-38-39-40-41-42-43-45-47-49-51-53-55-57-59-61-69(82)78-65(66(81)60-58-56-54-52-50-48-46-44-22-20-18-16-14-12-10-8-6-4-2)64-88-76-74(87)72(85)75(68(63-80)90-76)91-77-73(86)71(84)70(83)67(62-79)89-77/h15,17,21-23,44,50,52,58,60,65-68,70-77,79-81,83-87H,3-14,16,18-20,24-43,45-49,51,53-57,59,61-64H2,1-2H3,(H,78,82)/b17-15-,23-21-,44-22+,52-50+,60-58+. The molecule has 532 valence electrons. The molecule has 12 atom stereocenters. The first-order chi connectivity index (χ1) is 44.6. The molecule has 2 rings (SSSR count). The van der Waals surface area contributed by atoms with Crippen LogP contribution in [-0.2, 0) is 23.7 Å². The Labute approximate surface area is 556 Å². The molecule has 9 N–H and O–H groups in total. The summed E-state index contributed by atoms with van der Waals surface area (Å²) in [5.74, 6) is -0.248. The molecule has 0 bridgehead atoms. The van der Waals surface area contributed by atoms with Crippen molar-refractivity contribution >= 4 is 5.91 Å². The molecule has 0 aromatic heterocycles. The Hall–Kier alpha value is -2.31. The molecule has 0 aliphatic carbocycles. The summed E-state index contributed by atoms with van der Waals surface area (Å²) in [6, 6.07) is -0.939. The van der Waals surface area contributed by atoms with Crippen LogP contribution in [0.2, 0.25) is 0 Å². The molecule has 0 spiro atoms. The van der Waals surface area contributed by atoms with Crippen LogP contribution in [0, 0.1) is 0 Å². The van der Waals surface area contributed by atoms with E-state index in [0.717, 1.165) is 51.4 Å². The van der Waals surface area contributed by atoms with Gasteiger partial charge in [0, 0.05) is 6.42 Å². The lowest BCUT2D eigenvalue weighted by atomic mass is 9.97. The number of carbonyl (C=O) groups excluding carboxylic acids is 1. The molecule has 0 aromatic rings. The molecule has 91 heavy (non-hydrogen) atoms. The number of hydrogen-bond donors (Lipinski definition) is 9. The predicted octanol–water partition coefficient (Wildman–Crippen LogP) is 16.4. The molecule has 14 nitrogen and oxygen atoms in total. The average Bonchev–Trinajstić information content (AvgIpc) is 1.19. The van der Waals surface area contributed by atoms with Gasteiger partial charge in [-0.1, -0.05) is 306 Å². The smallest absolute Gasteiger partial charge is 0.220 e. The van der Waals surface area contributed by atoms with Gasteiger partial charge in [0.1, 0.15) is 48.8 Å². The second-order valence-corrected chi connectivity index (χ2v) is 26.8. The number of allylic oxidation sites excluding steroid dienone is 9. The molecule has 0 aromatic carbocycles. The lowest BCUT2D eigenvalue weighted by molar-refractivity contribution is -0.359. The van der Waals surface area contributed by atoms with Crippen molar-refractivity contribution in [2.24, 2.45) is 0 Å². The number of rotatable bonds is 63. The second kappa shape index (κ2) is 61.3. The summed E-state index contributed by atoms with van der Waals surface area (Å²) in [5.41, 5.74) is 0. The van der Waals surface area contributed by atoms with Gasteiger partial charge in [0.2, 0.25) is 5.91 Å². The van der Waals surface area contributed by atoms with Crippen molar-refractivity contribution in [1.82, 2.24) is 5.32 Å². The number of aliphatic hydroxyl groups excluding tert-OH is 8. The van der Waals surface area contributed by atoms with Crippen molar-refractivity contribution in [3.8, 4) is 0 Å². The van der Waals surface area contributed by atoms with E-state index in [-0.39, 0.29) is 18.9 Å². The van der Waals surface area contributed by atoms with E-state index in [0.29, 0.717) is 12.8 Å². The minimum absolute atomic E-state index is 0.248. The molecule has 0 radical (unpaired) electrons. The number of carbonyl (C=O) groups is 1. The number of hydrogen-bond acceptors (Lipinski definition) is 13. The zero-order valence-electron chi connectivity index (χ0n) is 58.1. The van der Waals surface area contributed by atoms with Crippen LogP contribution in [0.4, 0.5) is 0 Å². The van der Waals surface area contributed by atoms with Gasteiger partial charge in [0.15, 0.2) is 12.6 Å². The van der Waals surface area contributed by atoms with Crippen LogP contribution in [-0.4, -0.2) is 140 Å². The molecule has 12 unspecified atom stereocenters. The third kappa shape index (κ3) is 44.9. The maximum absolute atomic E-state index is 13.3. The zero-order valence-corrected chi connectivity index (χ0v) is 58.1. The molecule has 1 amide bonds. The number of ether oxygens (including phenoxy) is 4. The molecular weight excluding hydrogens is 1150 g/mol. The van der Waals surface area contributed by atoms with E-state index in [2.05, 4.69) is 67.8 Å². The number of nitrogens with one attached hydrogen (secondary N) is 1. The van der Waals surface area contributed by atoms with Gasteiger partial charge in [-0.3, -0.25) is 4.79 Å². The molecule has 14 heteroatoms. The van der Waals surface area contributed by atoms with Gasteiger partial charge < -0.3 is 65.1 Å². The van der Waals surface area contributed by atoms with Crippen molar-refractivity contribution < 1.29 is 64.6 Å². The van der Waals surface area contributed by atoms with Crippen molar-refractivity contribution in [2.45, 2.75) is 402 Å². The highest BCUT2D eigenvalue weighted by atomic mass is 16.7. The van der Waals surface area contributed by atoms with Gasteiger partial charge in [0.25, 0.3) is 0 Å². The fourth-order valence-corrected chi connectivity index (χ4v) is 12.4. The van der Waals surface area contributed by atoms with Crippen LogP contribution in [0.15, 0.2) is 60.8 Å². The monoisotopic (exact) mass is 1290 g/mol. The molecule has 2 saturated heterocycles. The first-order valence-electron chi connectivity index (χ1n) is 38.0. The summed E-state index contributed by atoms with van der Waals surface area (Å²) in [4.78, 5) is 13.3. The van der Waals surface area contributed by atoms with Crippen molar-refractivity contribution in [1.29, 1.82) is 0 Å². The SMILES string of the molecule is CCCCCCC/C=C\C/C=C\CCCCCCCCCCCCCCCCCCCCCCCCCCCCCC(=O)NC(COC1OC(CO)C(OC2OC(CO)C(O)C(O)C2O)C(O)C1O)C(O)/C=C/CC/C=C/CC/C=C/CCCCCCCCCC. The second-order valence-electron chi connectivity index (χ2n) is 26.8. The minimum atomic E-state index is -1.79. The van der Waals surface area contributed by atoms with Gasteiger partial charge in [-0.05, 0) is 77.0 Å². The van der Waals surface area contributed by atoms with Crippen LogP contribution in [0.5, 0.6) is 0 Å². The van der Waals surface area contributed by atoms with Crippen LogP contribution >= 0.6 is 0 Å². The number of unbranched alkanes of at least 4 members (excludes halogenated alkanes) is 42. The lowest BCUT2D eigenvalue weighted by Gasteiger charge is -2.46. The molecule has 2 aliphatic rings. The Balaban J connectivity index is 1.58. The van der Waals surface area contributed by atoms with Gasteiger partial charge in [0.05, 0.1) is 32.0 Å². The van der Waals surface area contributed by atoms with E-state index in [1.54, 1.807) is 6.08 Å². The molecule has 0 saturated carbocycles. The lowest BCUT2D eigenvalue weighted by Crippen LogP contribution is -2.65. The first-order valence-corrected chi connectivity index (χ1v) is 38.0. The highest BCUT2D eigenvalue weighted by molar-refractivity contribution is 5.76. The molecular formula is C77H141NO13. The van der Waals surface area contributed by atoms with Crippen molar-refractivity contribution in [2.75, 3.05) is 19.8 Å². The van der Waals surface area contributed by atoms with Crippen LogP contribution in [0.3, 0.4) is 0 Å². The third-order valence-corrected chi connectivity index (χ3v) is 18.4. The maximum Gasteiger partial charge on any atom is 0.220 e. The summed E-state index contributed by atoms with van der Waals surface area (Å²) in [6.07, 6.45) is 66.0. The van der Waals surface area contributed by atoms with E-state index in [4.69, 9.17) is 18.9 Å². The summed E-state index contributed by atoms with van der Waals surface area (Å²) < 4.78 is 22.8. The van der Waals surface area contributed by atoms with Gasteiger partial charge >= 0.3 is 0 Å². The number of aliphatic hydroxyl groups is 8. The third-order valence-electron chi connectivity index (χ3n) is 18.4. The van der Waals surface area contributed by atoms with E-state index in [9.17, 15) is 45.6 Å². The van der Waals surface area contributed by atoms with Gasteiger partial charge in [-0.15, -0.1) is 0 Å². The zero-order chi connectivity index (χ0) is 65.9. The van der Waals surface area contributed by atoms with Crippen molar-refractivity contribution in [3.05, 3.63) is 60.8 Å². The summed E-state index contributed by atoms with van der Waals surface area (Å²) >= 11 is 0. The van der Waals surface area contributed by atoms with E-state index in [1.807, 2.05) is 6.08 Å². The minimum Gasteiger partial charge on any atom is -0.394 e. The average molecular weight is 1290 g/mol. The highest BCUT2D eigenvalue weighted by Crippen LogP contribution is 2.30. The van der Waals surface area contributed by atoms with Crippen LogP contribution in [0.1, 0.15) is 328 Å². The van der Waals surface area contributed by atoms with Gasteiger partial charge in [-0.25, -0.2) is 0 Å². The van der Waals surface area contributed by atoms with Crippen LogP contribution < -0.4 is 5.32 Å². The normalized spacial score (nSPS) is 23.1. The number of amides is 1. The van der Waals surface area contributed by atoms with E-state index < -0.39 is 86.8 Å². The molecule has 2 fully saturated rings. The molecule has 2 heterocycles. The fraction of sp³-hybridized carbons (Fsp3) is 0.857. The van der Waals surface area contributed by atoms with Crippen LogP contribution in [0.25, 0.3) is 0 Å². The Morgan fingerprint density at radius 3 is 1.14 bits per heavy atom. The Morgan fingerprint density at radius 1 is 0.396 bits per heavy atom. The quantitative estimate of drug-likeness (QED) is 0.0204. The summed E-state index contributed by atoms with van der Waals surface area (Å²) in [7, 11) is 0. The maximum atomic E-state index is 13.3. The Bertz CT molecular complexity index is 1760. The summed E-state index contributed by atoms with van der Waals surface area (Å²) in [6.45, 7) is 2.79. The summed E-state index contributed by atoms with van der Waals surface area (Å²) in [5, 5.41) is 87.4. The van der Waals surface area contributed by atoms with E-state index in [1.165, 1.54) is 244 Å². The molecule has 2 aliphatic heterocycles.